The summed E-state index contributed by atoms with van der Waals surface area (Å²) in [6.45, 7) is 7.58. The lowest BCUT2D eigenvalue weighted by atomic mass is 9.66. The molecule has 0 aromatic heterocycles. The van der Waals surface area contributed by atoms with Crippen molar-refractivity contribution in [1.82, 2.24) is 0 Å². The minimum absolute atomic E-state index is 0.304. The van der Waals surface area contributed by atoms with Crippen molar-refractivity contribution in [3.8, 4) is 22.9 Å². The van der Waals surface area contributed by atoms with Crippen LogP contribution in [0.4, 0.5) is 0 Å². The highest BCUT2D eigenvalue weighted by atomic mass is 16.5. The third-order valence-electron chi connectivity index (χ3n) is 7.00. The fraction of sp³-hybridized carbons (Fsp3) is 0.536. The Balaban J connectivity index is 1.65. The number of nitriles is 1. The molecule has 0 spiro atoms. The van der Waals surface area contributed by atoms with Crippen molar-refractivity contribution in [3.63, 3.8) is 0 Å². The van der Waals surface area contributed by atoms with E-state index in [2.05, 4.69) is 63.2 Å². The molecule has 2 aromatic rings. The average Bonchev–Trinajstić information content (AvgIpc) is 2.80. The van der Waals surface area contributed by atoms with Crippen LogP contribution in [0.15, 0.2) is 48.5 Å². The summed E-state index contributed by atoms with van der Waals surface area (Å²) in [6.07, 6.45) is 9.15. The summed E-state index contributed by atoms with van der Waals surface area (Å²) in [7, 11) is 0. The predicted octanol–water partition coefficient (Wildman–Crippen LogP) is 7.92. The third kappa shape index (κ3) is 5.45. The highest BCUT2D eigenvalue weighted by molar-refractivity contribution is 5.64. The number of benzene rings is 2. The van der Waals surface area contributed by atoms with Crippen molar-refractivity contribution in [2.75, 3.05) is 6.61 Å². The second-order valence-corrected chi connectivity index (χ2v) is 9.19. The number of hydrogen-bond donors (Lipinski definition) is 0. The van der Waals surface area contributed by atoms with Crippen LogP contribution in [0.1, 0.15) is 77.7 Å². The Morgan fingerprint density at radius 3 is 2.13 bits per heavy atom. The van der Waals surface area contributed by atoms with Gasteiger partial charge in [-0.1, -0.05) is 70.0 Å². The highest BCUT2D eigenvalue weighted by Gasteiger charge is 2.37. The van der Waals surface area contributed by atoms with Gasteiger partial charge < -0.3 is 4.74 Å². The highest BCUT2D eigenvalue weighted by Crippen LogP contribution is 2.43. The molecule has 1 aliphatic rings. The largest absolute Gasteiger partial charge is 0.494 e. The first-order chi connectivity index (χ1) is 14.6. The van der Waals surface area contributed by atoms with Crippen LogP contribution in [0, 0.1) is 23.2 Å². The van der Waals surface area contributed by atoms with E-state index in [0.717, 1.165) is 49.9 Å². The van der Waals surface area contributed by atoms with E-state index in [1.165, 1.54) is 42.4 Å². The molecule has 0 bridgehead atoms. The molecule has 3 rings (SSSR count). The summed E-state index contributed by atoms with van der Waals surface area (Å²) in [4.78, 5) is 0. The summed E-state index contributed by atoms with van der Waals surface area (Å²) in [6, 6.07) is 19.7. The predicted molar refractivity (Wildman–Crippen MR) is 126 cm³/mol. The van der Waals surface area contributed by atoms with E-state index in [0.29, 0.717) is 0 Å². The second-order valence-electron chi connectivity index (χ2n) is 9.19. The van der Waals surface area contributed by atoms with Gasteiger partial charge in [-0.2, -0.15) is 5.26 Å². The molecule has 1 unspecified atom stereocenters. The first-order valence-electron chi connectivity index (χ1n) is 11.8. The Kier molecular flexibility index (Phi) is 7.97. The quantitative estimate of drug-likeness (QED) is 0.398. The third-order valence-corrected chi connectivity index (χ3v) is 7.00. The van der Waals surface area contributed by atoms with E-state index in [-0.39, 0.29) is 5.41 Å². The van der Waals surface area contributed by atoms with Gasteiger partial charge in [0.2, 0.25) is 0 Å². The van der Waals surface area contributed by atoms with Gasteiger partial charge in [-0.25, -0.2) is 0 Å². The number of hydrogen-bond acceptors (Lipinski definition) is 2. The minimum Gasteiger partial charge on any atom is -0.494 e. The molecule has 0 heterocycles. The van der Waals surface area contributed by atoms with Crippen LogP contribution in [0.25, 0.3) is 11.1 Å². The van der Waals surface area contributed by atoms with Gasteiger partial charge in [0.05, 0.1) is 18.1 Å². The van der Waals surface area contributed by atoms with Crippen LogP contribution >= 0.6 is 0 Å². The van der Waals surface area contributed by atoms with E-state index >= 15 is 0 Å². The zero-order valence-corrected chi connectivity index (χ0v) is 19.0. The monoisotopic (exact) mass is 403 g/mol. The van der Waals surface area contributed by atoms with E-state index in [4.69, 9.17) is 4.74 Å². The number of rotatable bonds is 9. The van der Waals surface area contributed by atoms with Gasteiger partial charge in [-0.15, -0.1) is 0 Å². The molecule has 2 heteroatoms. The molecule has 1 fully saturated rings. The fourth-order valence-corrected chi connectivity index (χ4v) is 4.67. The van der Waals surface area contributed by atoms with E-state index in [9.17, 15) is 5.26 Å². The van der Waals surface area contributed by atoms with Gasteiger partial charge in [-0.05, 0) is 79.2 Å². The molecule has 0 saturated heterocycles. The van der Waals surface area contributed by atoms with Gasteiger partial charge in [0.1, 0.15) is 5.75 Å². The summed E-state index contributed by atoms with van der Waals surface area (Å²) in [5.74, 6) is 2.52. The molecular formula is C28H37NO. The SMILES string of the molecule is CCCCOc1ccc(-c2ccc(C3(C#N)CCC(CC(C)CC)CC3)cc2)cc1. The number of unbranched alkanes of at least 4 members (excludes halogenated alkanes) is 1. The molecule has 1 aliphatic carbocycles. The lowest BCUT2D eigenvalue weighted by Crippen LogP contribution is -2.30. The van der Waals surface area contributed by atoms with Gasteiger partial charge in [-0.3, -0.25) is 0 Å². The molecule has 1 saturated carbocycles. The average molecular weight is 404 g/mol. The molecule has 0 aliphatic heterocycles. The fourth-order valence-electron chi connectivity index (χ4n) is 4.67. The van der Waals surface area contributed by atoms with Gasteiger partial charge in [0.15, 0.2) is 0 Å². The Bertz CT molecular complexity index is 807. The molecule has 1 atom stereocenters. The zero-order valence-electron chi connectivity index (χ0n) is 19.0. The normalized spacial score (nSPS) is 22.3. The smallest absolute Gasteiger partial charge is 0.119 e. The molecule has 0 radical (unpaired) electrons. The van der Waals surface area contributed by atoms with Crippen molar-refractivity contribution >= 4 is 0 Å². The molecule has 2 aromatic carbocycles. The summed E-state index contributed by atoms with van der Waals surface area (Å²) >= 11 is 0. The van der Waals surface area contributed by atoms with Crippen LogP contribution in [-0.2, 0) is 5.41 Å². The van der Waals surface area contributed by atoms with Crippen LogP contribution < -0.4 is 4.74 Å². The first-order valence-corrected chi connectivity index (χ1v) is 11.8. The second kappa shape index (κ2) is 10.7. The van der Waals surface area contributed by atoms with Crippen LogP contribution in [-0.4, -0.2) is 6.61 Å². The molecule has 0 amide bonds. The Morgan fingerprint density at radius 2 is 1.60 bits per heavy atom. The maximum Gasteiger partial charge on any atom is 0.119 e. The Morgan fingerprint density at radius 1 is 1.00 bits per heavy atom. The van der Waals surface area contributed by atoms with Crippen molar-refractivity contribution in [1.29, 1.82) is 5.26 Å². The number of ether oxygens (including phenoxy) is 1. The lowest BCUT2D eigenvalue weighted by Gasteiger charge is -2.36. The summed E-state index contributed by atoms with van der Waals surface area (Å²) in [5.41, 5.74) is 3.27. The van der Waals surface area contributed by atoms with Gasteiger partial charge in [0.25, 0.3) is 0 Å². The lowest BCUT2D eigenvalue weighted by molar-refractivity contribution is 0.241. The standard InChI is InChI=1S/C28H37NO/c1-4-6-19-30-27-13-9-25(10-14-27)24-7-11-26(12-8-24)28(21-29)17-15-23(16-18-28)20-22(3)5-2/h7-14,22-23H,4-6,15-20H2,1-3H3. The molecule has 2 nitrogen and oxygen atoms in total. The van der Waals surface area contributed by atoms with E-state index in [1.807, 2.05) is 12.1 Å². The topological polar surface area (TPSA) is 33.0 Å². The maximum atomic E-state index is 10.1. The van der Waals surface area contributed by atoms with Crippen molar-refractivity contribution in [2.24, 2.45) is 11.8 Å². The van der Waals surface area contributed by atoms with Crippen molar-refractivity contribution in [2.45, 2.75) is 77.6 Å². The summed E-state index contributed by atoms with van der Waals surface area (Å²) in [5, 5.41) is 10.1. The maximum absolute atomic E-state index is 10.1. The zero-order chi connectivity index (χ0) is 21.4. The molecule has 30 heavy (non-hydrogen) atoms. The van der Waals surface area contributed by atoms with Gasteiger partial charge in [0, 0.05) is 0 Å². The van der Waals surface area contributed by atoms with Gasteiger partial charge >= 0.3 is 0 Å². The molecule has 160 valence electrons. The van der Waals surface area contributed by atoms with E-state index < -0.39 is 0 Å². The Hall–Kier alpha value is -2.27. The molecule has 0 N–H and O–H groups in total. The van der Waals surface area contributed by atoms with Crippen LogP contribution in [0.2, 0.25) is 0 Å². The van der Waals surface area contributed by atoms with Crippen molar-refractivity contribution in [3.05, 3.63) is 54.1 Å². The Labute approximate surface area is 183 Å². The summed E-state index contributed by atoms with van der Waals surface area (Å²) < 4.78 is 5.77. The first kappa shape index (κ1) is 22.4. The van der Waals surface area contributed by atoms with Crippen LogP contribution in [0.3, 0.4) is 0 Å². The number of nitrogens with zero attached hydrogens (tertiary/aromatic N) is 1. The van der Waals surface area contributed by atoms with Crippen molar-refractivity contribution < 1.29 is 4.74 Å². The van der Waals surface area contributed by atoms with E-state index in [1.54, 1.807) is 0 Å². The minimum atomic E-state index is -0.304. The molecular weight excluding hydrogens is 366 g/mol. The van der Waals surface area contributed by atoms with Crippen LogP contribution in [0.5, 0.6) is 5.75 Å².